The van der Waals surface area contributed by atoms with Crippen molar-refractivity contribution in [3.8, 4) is 11.5 Å². The first-order valence-electron chi connectivity index (χ1n) is 5.47. The van der Waals surface area contributed by atoms with Crippen molar-refractivity contribution in [1.29, 1.82) is 0 Å². The van der Waals surface area contributed by atoms with Crippen molar-refractivity contribution in [2.75, 3.05) is 7.11 Å². The van der Waals surface area contributed by atoms with Crippen molar-refractivity contribution in [3.63, 3.8) is 0 Å². The van der Waals surface area contributed by atoms with E-state index in [1.54, 1.807) is 18.4 Å². The molecule has 0 aliphatic heterocycles. The maximum absolute atomic E-state index is 5.78. The van der Waals surface area contributed by atoms with Crippen LogP contribution in [0.2, 0.25) is 0 Å². The van der Waals surface area contributed by atoms with E-state index in [9.17, 15) is 0 Å². The zero-order chi connectivity index (χ0) is 13.0. The fraction of sp³-hybridized carbons (Fsp3) is 0.231. The van der Waals surface area contributed by atoms with Crippen LogP contribution in [-0.4, -0.2) is 7.11 Å². The molecular weight excluding hydrogens is 314 g/mol. The van der Waals surface area contributed by atoms with Gasteiger partial charge in [-0.15, -0.1) is 11.3 Å². The largest absolute Gasteiger partial charge is 0.493 e. The molecule has 0 bridgehead atoms. The minimum absolute atomic E-state index is 0.491. The topological polar surface area (TPSA) is 44.5 Å². The molecule has 0 aliphatic carbocycles. The van der Waals surface area contributed by atoms with Crippen LogP contribution in [0.15, 0.2) is 34.1 Å². The third-order valence-electron chi connectivity index (χ3n) is 2.46. The van der Waals surface area contributed by atoms with Crippen LogP contribution >= 0.6 is 27.3 Å². The van der Waals surface area contributed by atoms with Crippen molar-refractivity contribution in [2.45, 2.75) is 13.2 Å². The molecule has 0 spiro atoms. The van der Waals surface area contributed by atoms with E-state index in [0.717, 1.165) is 25.7 Å². The highest BCUT2D eigenvalue weighted by Crippen LogP contribution is 2.30. The first-order valence-corrected chi connectivity index (χ1v) is 7.08. The van der Waals surface area contributed by atoms with Crippen LogP contribution < -0.4 is 15.2 Å². The number of nitrogens with two attached hydrogens (primary N) is 1. The summed E-state index contributed by atoms with van der Waals surface area (Å²) in [4.78, 5) is 1.15. The van der Waals surface area contributed by atoms with E-state index in [-0.39, 0.29) is 0 Å². The second-order valence-electron chi connectivity index (χ2n) is 3.68. The second kappa shape index (κ2) is 6.22. The van der Waals surface area contributed by atoms with Gasteiger partial charge in [-0.3, -0.25) is 0 Å². The van der Waals surface area contributed by atoms with Crippen LogP contribution in [-0.2, 0) is 13.2 Å². The Kier molecular flexibility index (Phi) is 4.63. The van der Waals surface area contributed by atoms with E-state index in [1.165, 1.54) is 0 Å². The molecule has 18 heavy (non-hydrogen) atoms. The Bertz CT molecular complexity index is 527. The van der Waals surface area contributed by atoms with Gasteiger partial charge in [-0.05, 0) is 45.8 Å². The molecule has 2 N–H and O–H groups in total. The predicted octanol–water partition coefficient (Wildman–Crippen LogP) is 3.56. The van der Waals surface area contributed by atoms with E-state index in [2.05, 4.69) is 15.9 Å². The predicted molar refractivity (Wildman–Crippen MR) is 77.2 cm³/mol. The first kappa shape index (κ1) is 13.4. The van der Waals surface area contributed by atoms with Gasteiger partial charge in [-0.25, -0.2) is 0 Å². The van der Waals surface area contributed by atoms with E-state index < -0.39 is 0 Å². The average Bonchev–Trinajstić information content (AvgIpc) is 2.81. The Morgan fingerprint density at radius 2 is 2.06 bits per heavy atom. The maximum atomic E-state index is 5.78. The molecule has 96 valence electrons. The number of thiophene rings is 1. The van der Waals surface area contributed by atoms with Crippen LogP contribution in [0.3, 0.4) is 0 Å². The van der Waals surface area contributed by atoms with Crippen molar-refractivity contribution in [3.05, 3.63) is 44.6 Å². The monoisotopic (exact) mass is 327 g/mol. The SMILES string of the molecule is COc1ccc(CN)cc1OCc1ccc(Br)s1. The van der Waals surface area contributed by atoms with Gasteiger partial charge in [0.15, 0.2) is 11.5 Å². The molecule has 1 aromatic carbocycles. The number of rotatable bonds is 5. The summed E-state index contributed by atoms with van der Waals surface area (Å²) in [6.07, 6.45) is 0. The minimum atomic E-state index is 0.491. The maximum Gasteiger partial charge on any atom is 0.162 e. The highest BCUT2D eigenvalue weighted by Gasteiger charge is 2.06. The average molecular weight is 328 g/mol. The molecule has 1 aromatic heterocycles. The van der Waals surface area contributed by atoms with E-state index >= 15 is 0 Å². The Morgan fingerprint density at radius 3 is 2.67 bits per heavy atom. The second-order valence-corrected chi connectivity index (χ2v) is 6.23. The Morgan fingerprint density at radius 1 is 1.22 bits per heavy atom. The Balaban J connectivity index is 2.11. The molecule has 0 saturated carbocycles. The Hall–Kier alpha value is -1.04. The lowest BCUT2D eigenvalue weighted by molar-refractivity contribution is 0.287. The van der Waals surface area contributed by atoms with Crippen LogP contribution in [0.25, 0.3) is 0 Å². The summed E-state index contributed by atoms with van der Waals surface area (Å²) in [5.41, 5.74) is 6.65. The summed E-state index contributed by atoms with van der Waals surface area (Å²) >= 11 is 5.09. The van der Waals surface area contributed by atoms with E-state index in [4.69, 9.17) is 15.2 Å². The molecule has 0 aliphatic rings. The smallest absolute Gasteiger partial charge is 0.162 e. The van der Waals surface area contributed by atoms with Gasteiger partial charge in [-0.1, -0.05) is 6.07 Å². The van der Waals surface area contributed by atoms with Crippen LogP contribution in [0, 0.1) is 0 Å². The fourth-order valence-corrected chi connectivity index (χ4v) is 2.94. The normalized spacial score (nSPS) is 10.4. The molecule has 2 aromatic rings. The van der Waals surface area contributed by atoms with Gasteiger partial charge in [0.1, 0.15) is 6.61 Å². The summed E-state index contributed by atoms with van der Waals surface area (Å²) in [7, 11) is 1.63. The fourth-order valence-electron chi connectivity index (χ4n) is 1.54. The minimum Gasteiger partial charge on any atom is -0.493 e. The van der Waals surface area contributed by atoms with Gasteiger partial charge < -0.3 is 15.2 Å². The van der Waals surface area contributed by atoms with Gasteiger partial charge in [0.05, 0.1) is 10.9 Å². The number of methoxy groups -OCH3 is 1. The van der Waals surface area contributed by atoms with Gasteiger partial charge in [0.2, 0.25) is 0 Å². The molecule has 0 saturated heterocycles. The van der Waals surface area contributed by atoms with Crippen molar-refractivity contribution >= 4 is 27.3 Å². The van der Waals surface area contributed by atoms with Crippen molar-refractivity contribution in [1.82, 2.24) is 0 Å². The molecule has 0 radical (unpaired) electrons. The molecule has 0 fully saturated rings. The number of benzene rings is 1. The standard InChI is InChI=1S/C13H14BrNO2S/c1-16-11-4-2-9(7-15)6-12(11)17-8-10-3-5-13(14)18-10/h2-6H,7-8,15H2,1H3. The third kappa shape index (κ3) is 3.25. The summed E-state index contributed by atoms with van der Waals surface area (Å²) in [5, 5.41) is 0. The number of halogens is 1. The highest BCUT2D eigenvalue weighted by molar-refractivity contribution is 9.11. The number of ether oxygens (including phenoxy) is 2. The highest BCUT2D eigenvalue weighted by atomic mass is 79.9. The molecule has 3 nitrogen and oxygen atoms in total. The zero-order valence-electron chi connectivity index (χ0n) is 9.98. The first-order chi connectivity index (χ1) is 8.72. The molecular formula is C13H14BrNO2S. The van der Waals surface area contributed by atoms with Crippen LogP contribution in [0.5, 0.6) is 11.5 Å². The summed E-state index contributed by atoms with van der Waals surface area (Å²) in [5.74, 6) is 1.45. The summed E-state index contributed by atoms with van der Waals surface area (Å²) in [6.45, 7) is 1.02. The molecule has 1 heterocycles. The lowest BCUT2D eigenvalue weighted by Gasteiger charge is -2.11. The molecule has 0 unspecified atom stereocenters. The van der Waals surface area contributed by atoms with Crippen molar-refractivity contribution < 1.29 is 9.47 Å². The quantitative estimate of drug-likeness (QED) is 0.913. The zero-order valence-corrected chi connectivity index (χ0v) is 12.4. The summed E-state index contributed by atoms with van der Waals surface area (Å²) in [6, 6.07) is 9.78. The van der Waals surface area contributed by atoms with Gasteiger partial charge >= 0.3 is 0 Å². The van der Waals surface area contributed by atoms with Crippen molar-refractivity contribution in [2.24, 2.45) is 5.73 Å². The Labute approximate surface area is 119 Å². The van der Waals surface area contributed by atoms with Gasteiger partial charge in [0, 0.05) is 11.4 Å². The number of hydrogen-bond donors (Lipinski definition) is 1. The lowest BCUT2D eigenvalue weighted by Crippen LogP contribution is -2.00. The number of hydrogen-bond acceptors (Lipinski definition) is 4. The van der Waals surface area contributed by atoms with E-state index in [0.29, 0.717) is 13.2 Å². The molecule has 0 amide bonds. The van der Waals surface area contributed by atoms with E-state index in [1.807, 2.05) is 30.3 Å². The molecule has 0 atom stereocenters. The summed E-state index contributed by atoms with van der Waals surface area (Å²) < 4.78 is 12.1. The van der Waals surface area contributed by atoms with Gasteiger partial charge in [-0.2, -0.15) is 0 Å². The van der Waals surface area contributed by atoms with Gasteiger partial charge in [0.25, 0.3) is 0 Å². The molecule has 5 heteroatoms. The van der Waals surface area contributed by atoms with Crippen LogP contribution in [0.1, 0.15) is 10.4 Å². The van der Waals surface area contributed by atoms with Crippen LogP contribution in [0.4, 0.5) is 0 Å². The third-order valence-corrected chi connectivity index (χ3v) is 4.06. The molecule has 2 rings (SSSR count). The lowest BCUT2D eigenvalue weighted by atomic mass is 10.2.